The predicted molar refractivity (Wildman–Crippen MR) is 108 cm³/mol. The molecule has 0 spiro atoms. The predicted octanol–water partition coefficient (Wildman–Crippen LogP) is 4.87. The van der Waals surface area contributed by atoms with Crippen molar-refractivity contribution >= 4 is 46.2 Å². The zero-order valence-electron chi connectivity index (χ0n) is 14.7. The van der Waals surface area contributed by atoms with Gasteiger partial charge >= 0.3 is 5.97 Å². The number of halogens is 1. The number of nitrogens with one attached hydrogen (secondary N) is 1. The van der Waals surface area contributed by atoms with Crippen LogP contribution in [0, 0.1) is 6.92 Å². The van der Waals surface area contributed by atoms with E-state index in [2.05, 4.69) is 10.3 Å². The normalized spacial score (nSPS) is 11.8. The molecular formula is C19H17ClN2O3S2. The summed E-state index contributed by atoms with van der Waals surface area (Å²) in [5, 5.41) is 8.27. The van der Waals surface area contributed by atoms with Crippen LogP contribution in [-0.2, 0) is 9.53 Å². The van der Waals surface area contributed by atoms with Gasteiger partial charge in [-0.3, -0.25) is 9.59 Å². The molecule has 0 bridgehead atoms. The number of nitrogens with zero attached hydrogens (tertiary/aromatic N) is 1. The summed E-state index contributed by atoms with van der Waals surface area (Å²) in [4.78, 5) is 29.7. The second kappa shape index (κ2) is 8.65. The van der Waals surface area contributed by atoms with Gasteiger partial charge in [0, 0.05) is 16.0 Å². The van der Waals surface area contributed by atoms with E-state index in [4.69, 9.17) is 16.3 Å². The molecule has 0 aliphatic heterocycles. The zero-order valence-corrected chi connectivity index (χ0v) is 17.1. The van der Waals surface area contributed by atoms with Gasteiger partial charge in [-0.05, 0) is 36.1 Å². The summed E-state index contributed by atoms with van der Waals surface area (Å²) in [6.45, 7) is 1.80. The largest absolute Gasteiger partial charge is 0.469 e. The van der Waals surface area contributed by atoms with Crippen LogP contribution in [0.15, 0.2) is 41.1 Å². The fourth-order valence-corrected chi connectivity index (χ4v) is 4.34. The average molecular weight is 421 g/mol. The second-order valence-corrected chi connectivity index (χ2v) is 8.02. The highest BCUT2D eigenvalue weighted by molar-refractivity contribution is 7.17. The van der Waals surface area contributed by atoms with Gasteiger partial charge in [0.2, 0.25) is 0 Å². The van der Waals surface area contributed by atoms with Crippen molar-refractivity contribution in [3.63, 3.8) is 0 Å². The van der Waals surface area contributed by atoms with Crippen molar-refractivity contribution < 1.29 is 14.3 Å². The van der Waals surface area contributed by atoms with E-state index < -0.39 is 12.0 Å². The summed E-state index contributed by atoms with van der Waals surface area (Å²) in [6.07, 6.45) is 0.0269. The summed E-state index contributed by atoms with van der Waals surface area (Å²) in [5.41, 5.74) is 2.43. The number of aromatic nitrogens is 1. The molecule has 1 unspecified atom stereocenters. The molecule has 1 atom stereocenters. The van der Waals surface area contributed by atoms with Crippen molar-refractivity contribution in [1.82, 2.24) is 10.3 Å². The highest BCUT2D eigenvalue weighted by atomic mass is 35.5. The van der Waals surface area contributed by atoms with E-state index in [1.807, 2.05) is 16.8 Å². The van der Waals surface area contributed by atoms with E-state index in [0.29, 0.717) is 15.6 Å². The number of methoxy groups -OCH3 is 1. The van der Waals surface area contributed by atoms with Crippen LogP contribution in [0.4, 0.5) is 0 Å². The molecule has 2 aromatic heterocycles. The third-order valence-electron chi connectivity index (χ3n) is 3.95. The monoisotopic (exact) mass is 420 g/mol. The van der Waals surface area contributed by atoms with Gasteiger partial charge < -0.3 is 10.1 Å². The number of hydrogen-bond donors (Lipinski definition) is 1. The van der Waals surface area contributed by atoms with Gasteiger partial charge in [-0.1, -0.05) is 23.7 Å². The number of carbonyl (C=O) groups excluding carboxylic acids is 2. The van der Waals surface area contributed by atoms with Crippen molar-refractivity contribution in [3.05, 3.63) is 62.2 Å². The molecule has 0 aliphatic carbocycles. The van der Waals surface area contributed by atoms with Crippen LogP contribution in [0.1, 0.15) is 33.4 Å². The molecular weight excluding hydrogens is 404 g/mol. The van der Waals surface area contributed by atoms with Gasteiger partial charge in [0.1, 0.15) is 9.88 Å². The van der Waals surface area contributed by atoms with Gasteiger partial charge in [0.15, 0.2) is 0 Å². The van der Waals surface area contributed by atoms with Crippen molar-refractivity contribution in [1.29, 1.82) is 0 Å². The maximum absolute atomic E-state index is 12.9. The number of ether oxygens (including phenoxy) is 1. The first-order valence-electron chi connectivity index (χ1n) is 8.11. The maximum Gasteiger partial charge on any atom is 0.307 e. The molecule has 8 heteroatoms. The molecule has 2 heterocycles. The maximum atomic E-state index is 12.9. The van der Waals surface area contributed by atoms with E-state index in [9.17, 15) is 9.59 Å². The van der Waals surface area contributed by atoms with E-state index in [-0.39, 0.29) is 12.3 Å². The van der Waals surface area contributed by atoms with Crippen LogP contribution in [0.3, 0.4) is 0 Å². The van der Waals surface area contributed by atoms with Crippen molar-refractivity contribution in [2.75, 3.05) is 7.11 Å². The zero-order chi connectivity index (χ0) is 19.4. The van der Waals surface area contributed by atoms with Gasteiger partial charge in [-0.15, -0.1) is 11.3 Å². The van der Waals surface area contributed by atoms with Gasteiger partial charge in [0.25, 0.3) is 5.91 Å². The van der Waals surface area contributed by atoms with Crippen molar-refractivity contribution in [2.24, 2.45) is 0 Å². The lowest BCUT2D eigenvalue weighted by Crippen LogP contribution is -2.30. The van der Waals surface area contributed by atoms with Crippen molar-refractivity contribution in [2.45, 2.75) is 19.4 Å². The third kappa shape index (κ3) is 4.74. The van der Waals surface area contributed by atoms with E-state index in [0.717, 1.165) is 16.1 Å². The molecule has 0 saturated carbocycles. The number of benzene rings is 1. The molecule has 3 aromatic rings. The Bertz CT molecular complexity index is 937. The highest BCUT2D eigenvalue weighted by Crippen LogP contribution is 2.30. The first-order valence-corrected chi connectivity index (χ1v) is 10.2. The lowest BCUT2D eigenvalue weighted by molar-refractivity contribution is -0.141. The van der Waals surface area contributed by atoms with Gasteiger partial charge in [-0.2, -0.15) is 11.3 Å². The van der Waals surface area contributed by atoms with Gasteiger partial charge in [0.05, 0.1) is 25.3 Å². The molecule has 0 fully saturated rings. The molecule has 5 nitrogen and oxygen atoms in total. The Labute approximate surface area is 170 Å². The minimum atomic E-state index is -0.520. The van der Waals surface area contributed by atoms with Crippen LogP contribution in [0.5, 0.6) is 0 Å². The number of aryl methyl sites for hydroxylation is 1. The number of hydrogen-bond acceptors (Lipinski definition) is 6. The van der Waals surface area contributed by atoms with Crippen LogP contribution in [0.2, 0.25) is 5.02 Å². The summed E-state index contributed by atoms with van der Waals surface area (Å²) in [7, 11) is 1.32. The Morgan fingerprint density at radius 1 is 1.26 bits per heavy atom. The van der Waals surface area contributed by atoms with Crippen LogP contribution < -0.4 is 5.32 Å². The summed E-state index contributed by atoms with van der Waals surface area (Å²) >= 11 is 8.85. The van der Waals surface area contributed by atoms with Crippen LogP contribution in [-0.4, -0.2) is 24.0 Å². The van der Waals surface area contributed by atoms with E-state index in [1.165, 1.54) is 18.4 Å². The number of esters is 1. The van der Waals surface area contributed by atoms with Crippen LogP contribution in [0.25, 0.3) is 10.6 Å². The Hall–Kier alpha value is -2.22. The van der Waals surface area contributed by atoms with Crippen molar-refractivity contribution in [3.8, 4) is 10.6 Å². The molecule has 140 valence electrons. The quantitative estimate of drug-likeness (QED) is 0.578. The molecule has 0 saturated heterocycles. The van der Waals surface area contributed by atoms with Gasteiger partial charge in [-0.25, -0.2) is 4.98 Å². The number of carbonyl (C=O) groups is 2. The standard InChI is InChI=1S/C19H17ClN2O3S2/c1-11-17(27-19(21-11)13-7-8-26-10-13)18(24)22-15(9-16(23)25-2)12-3-5-14(20)6-4-12/h3-8,10,15H,9H2,1-2H3,(H,22,24). The topological polar surface area (TPSA) is 68.3 Å². The number of rotatable bonds is 6. The minimum absolute atomic E-state index is 0.0269. The first kappa shape index (κ1) is 19.5. The molecule has 3 rings (SSSR count). The minimum Gasteiger partial charge on any atom is -0.469 e. The molecule has 0 radical (unpaired) electrons. The average Bonchev–Trinajstić information content (AvgIpc) is 3.31. The summed E-state index contributed by atoms with van der Waals surface area (Å²) in [5.74, 6) is -0.675. The Kier molecular flexibility index (Phi) is 6.26. The Morgan fingerprint density at radius 3 is 2.63 bits per heavy atom. The third-order valence-corrected chi connectivity index (χ3v) is 6.09. The second-order valence-electron chi connectivity index (χ2n) is 5.80. The first-order chi connectivity index (χ1) is 13.0. The smallest absolute Gasteiger partial charge is 0.307 e. The number of amides is 1. The van der Waals surface area contributed by atoms with E-state index >= 15 is 0 Å². The lowest BCUT2D eigenvalue weighted by Gasteiger charge is -2.18. The fourth-order valence-electron chi connectivity index (χ4n) is 2.54. The molecule has 1 N–H and O–H groups in total. The number of thiophene rings is 1. The van der Waals surface area contributed by atoms with E-state index in [1.54, 1.807) is 42.5 Å². The molecule has 27 heavy (non-hydrogen) atoms. The number of thiazole rings is 1. The Morgan fingerprint density at radius 2 is 2.00 bits per heavy atom. The lowest BCUT2D eigenvalue weighted by atomic mass is 10.0. The summed E-state index contributed by atoms with van der Waals surface area (Å²) < 4.78 is 4.77. The molecule has 1 aromatic carbocycles. The fraction of sp³-hybridized carbons (Fsp3) is 0.211. The Balaban J connectivity index is 1.83. The molecule has 0 aliphatic rings. The molecule has 1 amide bonds. The van der Waals surface area contributed by atoms with Crippen LogP contribution >= 0.6 is 34.3 Å². The SMILES string of the molecule is COC(=O)CC(NC(=O)c1sc(-c2ccsc2)nc1C)c1ccc(Cl)cc1. The summed E-state index contributed by atoms with van der Waals surface area (Å²) in [6, 6.07) is 8.46. The highest BCUT2D eigenvalue weighted by Gasteiger charge is 2.23.